The molecule has 1 aromatic carbocycles. The highest BCUT2D eigenvalue weighted by Crippen LogP contribution is 2.18. The van der Waals surface area contributed by atoms with E-state index in [4.69, 9.17) is 9.47 Å². The molecule has 144 valence electrons. The van der Waals surface area contributed by atoms with E-state index in [9.17, 15) is 9.59 Å². The molecule has 1 fully saturated rings. The standard InChI is InChI=1S/C20H30N2O4/c1-4-5-12-25-20(24)22-10-8-17(9-11-22)21-19(23)14-26-18-7-6-15(2)13-16(18)3/h6-7,13,17H,4-5,8-12,14H2,1-3H3,(H,21,23). The van der Waals surface area contributed by atoms with Gasteiger partial charge in [0.05, 0.1) is 6.61 Å². The number of carbonyl (C=O) groups excluding carboxylic acids is 2. The van der Waals surface area contributed by atoms with E-state index in [0.717, 1.165) is 37.0 Å². The van der Waals surface area contributed by atoms with Crippen molar-refractivity contribution in [1.29, 1.82) is 0 Å². The van der Waals surface area contributed by atoms with Crippen LogP contribution >= 0.6 is 0 Å². The number of aryl methyl sites for hydroxylation is 2. The Hall–Kier alpha value is -2.24. The number of likely N-dealkylation sites (tertiary alicyclic amines) is 1. The summed E-state index contributed by atoms with van der Waals surface area (Å²) in [5, 5.41) is 2.99. The molecule has 1 aromatic rings. The van der Waals surface area contributed by atoms with Crippen molar-refractivity contribution >= 4 is 12.0 Å². The molecule has 1 saturated heterocycles. The lowest BCUT2D eigenvalue weighted by atomic mass is 10.1. The van der Waals surface area contributed by atoms with Gasteiger partial charge in [-0.15, -0.1) is 0 Å². The highest BCUT2D eigenvalue weighted by Gasteiger charge is 2.24. The largest absolute Gasteiger partial charge is 0.484 e. The number of nitrogens with one attached hydrogen (secondary N) is 1. The molecule has 1 aliphatic rings. The third kappa shape index (κ3) is 6.24. The Balaban J connectivity index is 1.68. The predicted molar refractivity (Wildman–Crippen MR) is 100 cm³/mol. The van der Waals surface area contributed by atoms with Crippen LogP contribution in [0.4, 0.5) is 4.79 Å². The fourth-order valence-corrected chi connectivity index (χ4v) is 2.98. The fourth-order valence-electron chi connectivity index (χ4n) is 2.98. The molecule has 2 rings (SSSR count). The van der Waals surface area contributed by atoms with Crippen molar-refractivity contribution in [1.82, 2.24) is 10.2 Å². The molecule has 0 spiro atoms. The molecule has 6 nitrogen and oxygen atoms in total. The molecular formula is C20H30N2O4. The summed E-state index contributed by atoms with van der Waals surface area (Å²) in [6.07, 6.45) is 3.11. The molecule has 0 unspecified atom stereocenters. The van der Waals surface area contributed by atoms with Gasteiger partial charge in [0.15, 0.2) is 6.61 Å². The first-order chi connectivity index (χ1) is 12.5. The second-order valence-electron chi connectivity index (χ2n) is 6.85. The number of rotatable bonds is 7. The number of amides is 2. The van der Waals surface area contributed by atoms with Gasteiger partial charge in [0.25, 0.3) is 5.91 Å². The number of piperidine rings is 1. The van der Waals surface area contributed by atoms with Gasteiger partial charge in [-0.25, -0.2) is 4.79 Å². The topological polar surface area (TPSA) is 67.9 Å². The first-order valence-corrected chi connectivity index (χ1v) is 9.40. The molecule has 0 saturated carbocycles. The molecule has 0 aliphatic carbocycles. The van der Waals surface area contributed by atoms with E-state index in [1.54, 1.807) is 4.90 Å². The van der Waals surface area contributed by atoms with Crippen LogP contribution < -0.4 is 10.1 Å². The molecule has 2 amide bonds. The quantitative estimate of drug-likeness (QED) is 0.757. The van der Waals surface area contributed by atoms with Gasteiger partial charge in [-0.1, -0.05) is 31.0 Å². The maximum atomic E-state index is 12.1. The number of nitrogens with zero attached hydrogens (tertiary/aromatic N) is 1. The third-order valence-corrected chi connectivity index (χ3v) is 4.53. The molecule has 6 heteroatoms. The van der Waals surface area contributed by atoms with Gasteiger partial charge in [-0.05, 0) is 44.7 Å². The first-order valence-electron chi connectivity index (χ1n) is 9.40. The lowest BCUT2D eigenvalue weighted by Crippen LogP contribution is -2.47. The Kier molecular flexibility index (Phi) is 7.75. The second-order valence-corrected chi connectivity index (χ2v) is 6.85. The van der Waals surface area contributed by atoms with E-state index in [0.29, 0.717) is 19.7 Å². The van der Waals surface area contributed by atoms with E-state index in [1.165, 1.54) is 5.56 Å². The van der Waals surface area contributed by atoms with Crippen molar-refractivity contribution in [3.63, 3.8) is 0 Å². The summed E-state index contributed by atoms with van der Waals surface area (Å²) in [5.74, 6) is 0.601. The van der Waals surface area contributed by atoms with Crippen LogP contribution in [0.2, 0.25) is 0 Å². The van der Waals surface area contributed by atoms with Gasteiger partial charge < -0.3 is 19.7 Å². The Labute approximate surface area is 155 Å². The molecule has 26 heavy (non-hydrogen) atoms. The molecule has 0 aromatic heterocycles. The van der Waals surface area contributed by atoms with E-state index < -0.39 is 0 Å². The van der Waals surface area contributed by atoms with Gasteiger partial charge >= 0.3 is 6.09 Å². The van der Waals surface area contributed by atoms with Gasteiger partial charge in [0.2, 0.25) is 0 Å². The number of unbranched alkanes of at least 4 members (excludes halogenated alkanes) is 1. The highest BCUT2D eigenvalue weighted by molar-refractivity contribution is 5.78. The van der Waals surface area contributed by atoms with Crippen molar-refractivity contribution < 1.29 is 19.1 Å². The summed E-state index contributed by atoms with van der Waals surface area (Å²) >= 11 is 0. The zero-order valence-corrected chi connectivity index (χ0v) is 16.0. The Bertz CT molecular complexity index is 610. The summed E-state index contributed by atoms with van der Waals surface area (Å²) in [6, 6.07) is 5.96. The average molecular weight is 362 g/mol. The minimum Gasteiger partial charge on any atom is -0.484 e. The zero-order chi connectivity index (χ0) is 18.9. The Morgan fingerprint density at radius 1 is 1.23 bits per heavy atom. The van der Waals surface area contributed by atoms with E-state index in [1.807, 2.05) is 32.0 Å². The van der Waals surface area contributed by atoms with Crippen LogP contribution in [-0.2, 0) is 9.53 Å². The van der Waals surface area contributed by atoms with Crippen LogP contribution in [-0.4, -0.2) is 49.2 Å². The molecular weight excluding hydrogens is 332 g/mol. The van der Waals surface area contributed by atoms with Crippen molar-refractivity contribution in [2.45, 2.75) is 52.5 Å². The van der Waals surface area contributed by atoms with E-state index in [-0.39, 0.29) is 24.6 Å². The molecule has 0 atom stereocenters. The lowest BCUT2D eigenvalue weighted by Gasteiger charge is -2.31. The summed E-state index contributed by atoms with van der Waals surface area (Å²) in [6.45, 7) is 7.74. The number of hydrogen-bond acceptors (Lipinski definition) is 4. The van der Waals surface area contributed by atoms with Gasteiger partial charge in [-0.2, -0.15) is 0 Å². The van der Waals surface area contributed by atoms with Crippen molar-refractivity contribution in [2.24, 2.45) is 0 Å². The van der Waals surface area contributed by atoms with Crippen LogP contribution in [0.15, 0.2) is 18.2 Å². The van der Waals surface area contributed by atoms with Gasteiger partial charge in [0, 0.05) is 19.1 Å². The number of ether oxygens (including phenoxy) is 2. The first kappa shape index (κ1) is 20.1. The minimum absolute atomic E-state index is 0.00315. The number of hydrogen-bond donors (Lipinski definition) is 1. The van der Waals surface area contributed by atoms with E-state index in [2.05, 4.69) is 12.2 Å². The summed E-state index contributed by atoms with van der Waals surface area (Å²) in [4.78, 5) is 25.7. The smallest absolute Gasteiger partial charge is 0.409 e. The molecule has 0 bridgehead atoms. The molecule has 1 aliphatic heterocycles. The van der Waals surface area contributed by atoms with Crippen molar-refractivity contribution in [2.75, 3.05) is 26.3 Å². The second kappa shape index (κ2) is 10.0. The van der Waals surface area contributed by atoms with Crippen LogP contribution in [0.1, 0.15) is 43.7 Å². The van der Waals surface area contributed by atoms with Crippen molar-refractivity contribution in [3.05, 3.63) is 29.3 Å². The maximum Gasteiger partial charge on any atom is 0.409 e. The number of benzene rings is 1. The van der Waals surface area contributed by atoms with Gasteiger partial charge in [-0.3, -0.25) is 4.79 Å². The third-order valence-electron chi connectivity index (χ3n) is 4.53. The molecule has 1 heterocycles. The SMILES string of the molecule is CCCCOC(=O)N1CCC(NC(=O)COc2ccc(C)cc2C)CC1. The van der Waals surface area contributed by atoms with Crippen LogP contribution in [0.5, 0.6) is 5.75 Å². The fraction of sp³-hybridized carbons (Fsp3) is 0.600. The minimum atomic E-state index is -0.249. The molecule has 1 N–H and O–H groups in total. The monoisotopic (exact) mass is 362 g/mol. The maximum absolute atomic E-state index is 12.1. The van der Waals surface area contributed by atoms with Crippen LogP contribution in [0.3, 0.4) is 0 Å². The van der Waals surface area contributed by atoms with Gasteiger partial charge in [0.1, 0.15) is 5.75 Å². The summed E-state index contributed by atoms with van der Waals surface area (Å²) in [5.41, 5.74) is 2.19. The lowest BCUT2D eigenvalue weighted by molar-refractivity contribution is -0.124. The van der Waals surface area contributed by atoms with Crippen LogP contribution in [0, 0.1) is 13.8 Å². The van der Waals surface area contributed by atoms with E-state index >= 15 is 0 Å². The molecule has 0 radical (unpaired) electrons. The van der Waals surface area contributed by atoms with Crippen LogP contribution in [0.25, 0.3) is 0 Å². The normalized spacial score (nSPS) is 14.8. The highest BCUT2D eigenvalue weighted by atomic mass is 16.6. The Morgan fingerprint density at radius 2 is 1.96 bits per heavy atom. The average Bonchev–Trinajstić information content (AvgIpc) is 2.61. The zero-order valence-electron chi connectivity index (χ0n) is 16.0. The summed E-state index contributed by atoms with van der Waals surface area (Å²) < 4.78 is 10.8. The Morgan fingerprint density at radius 3 is 2.62 bits per heavy atom. The number of carbonyl (C=O) groups is 2. The predicted octanol–water partition coefficient (Wildman–Crippen LogP) is 3.20. The van der Waals surface area contributed by atoms with Crippen molar-refractivity contribution in [3.8, 4) is 5.75 Å². The summed E-state index contributed by atoms with van der Waals surface area (Å²) in [7, 11) is 0.